The normalized spacial score (nSPS) is 15.9. The minimum atomic E-state index is -1.05. The van der Waals surface area contributed by atoms with Crippen molar-refractivity contribution in [1.29, 1.82) is 0 Å². The summed E-state index contributed by atoms with van der Waals surface area (Å²) in [5.41, 5.74) is 2.66. The number of hydrogen-bond donors (Lipinski definition) is 2. The van der Waals surface area contributed by atoms with Gasteiger partial charge in [0.25, 0.3) is 0 Å². The average molecular weight is 459 g/mol. The van der Waals surface area contributed by atoms with Gasteiger partial charge in [-0.05, 0) is 0 Å². The van der Waals surface area contributed by atoms with E-state index in [1.165, 1.54) is 21.8 Å². The van der Waals surface area contributed by atoms with Crippen LogP contribution in [0.3, 0.4) is 0 Å². The molecule has 1 aliphatic heterocycles. The molecule has 0 aliphatic carbocycles. The number of carboxylic acid groups (broad SMARTS) is 1. The van der Waals surface area contributed by atoms with Gasteiger partial charge < -0.3 is 5.11 Å². The van der Waals surface area contributed by atoms with Crippen molar-refractivity contribution in [3.8, 4) is 0 Å². The van der Waals surface area contributed by atoms with E-state index in [0.717, 1.165) is 11.3 Å². The average Bonchev–Trinajstić information content (AvgIpc) is 2.77. The molecule has 2 aromatic rings. The second-order valence-corrected chi connectivity index (χ2v) is 8.01. The first kappa shape index (κ1) is 20.8. The van der Waals surface area contributed by atoms with E-state index in [0.29, 0.717) is 22.4 Å². The number of rotatable bonds is 5. The van der Waals surface area contributed by atoms with E-state index in [9.17, 15) is 14.4 Å². The molecule has 2 heterocycles. The van der Waals surface area contributed by atoms with Crippen LogP contribution in [-0.2, 0) is 22.7 Å². The van der Waals surface area contributed by atoms with Gasteiger partial charge in [0.05, 0.1) is 6.42 Å². The summed E-state index contributed by atoms with van der Waals surface area (Å²) in [6, 6.07) is 6.06. The monoisotopic (exact) mass is 459 g/mol. The first-order chi connectivity index (χ1) is 13.7. The van der Waals surface area contributed by atoms with Crippen LogP contribution in [0.15, 0.2) is 30.5 Å². The number of carbonyl (C=O) groups excluding carboxylic acids is 2. The number of amides is 2. The van der Waals surface area contributed by atoms with Gasteiger partial charge in [-0.15, -0.1) is 0 Å². The van der Waals surface area contributed by atoms with Crippen molar-refractivity contribution < 1.29 is 19.5 Å². The van der Waals surface area contributed by atoms with E-state index >= 15 is 0 Å². The third-order valence-corrected chi connectivity index (χ3v) is 5.20. The zero-order valence-electron chi connectivity index (χ0n) is 16.1. The number of aromatic nitrogens is 2. The van der Waals surface area contributed by atoms with Crippen LogP contribution in [0.25, 0.3) is 0 Å². The number of fused-ring (bicyclic) bond motifs is 1. The zero-order chi connectivity index (χ0) is 21.1. The molecule has 1 aliphatic rings. The Hall–Kier alpha value is -2.93. The molecule has 2 amide bonds. The molecular formula is C19H22AsN5O4. The second-order valence-electron chi connectivity index (χ2n) is 6.93. The number of anilines is 1. The molecule has 0 saturated heterocycles. The van der Waals surface area contributed by atoms with Crippen LogP contribution >= 0.6 is 0 Å². The van der Waals surface area contributed by atoms with Gasteiger partial charge in [-0.3, -0.25) is 9.59 Å². The number of nitrogens with zero attached hydrogens (tertiary/aromatic N) is 4. The maximum absolute atomic E-state index is 12.9. The minimum absolute atomic E-state index is 0.171. The van der Waals surface area contributed by atoms with Crippen molar-refractivity contribution >= 4 is 44.9 Å². The predicted octanol–water partition coefficient (Wildman–Crippen LogP) is -0.766. The van der Waals surface area contributed by atoms with Crippen molar-refractivity contribution in [3.63, 3.8) is 0 Å². The molecule has 152 valence electrons. The van der Waals surface area contributed by atoms with E-state index in [1.54, 1.807) is 49.5 Å². The Balaban J connectivity index is 1.80. The molecule has 10 heteroatoms. The molecule has 0 radical (unpaired) electrons. The summed E-state index contributed by atoms with van der Waals surface area (Å²) in [5.74, 6) is -1.52. The Morgan fingerprint density at radius 3 is 2.83 bits per heavy atom. The molecule has 3 rings (SSSR count). The summed E-state index contributed by atoms with van der Waals surface area (Å²) >= 11 is 1.32. The second kappa shape index (κ2) is 8.61. The molecule has 0 saturated carbocycles. The van der Waals surface area contributed by atoms with Crippen LogP contribution < -0.4 is 9.93 Å². The molecule has 0 fully saturated rings. The number of carbonyl (C=O) groups is 3. The number of aliphatic carboxylic acids is 1. The molecule has 9 nitrogen and oxygen atoms in total. The number of nitrogens with one attached hydrogen (secondary N) is 1. The van der Waals surface area contributed by atoms with Gasteiger partial charge in [-0.1, -0.05) is 0 Å². The molecule has 29 heavy (non-hydrogen) atoms. The van der Waals surface area contributed by atoms with Crippen LogP contribution in [0.1, 0.15) is 28.0 Å². The van der Waals surface area contributed by atoms with Gasteiger partial charge in [0.1, 0.15) is 0 Å². The van der Waals surface area contributed by atoms with Gasteiger partial charge in [-0.2, -0.15) is 0 Å². The molecule has 2 N–H and O–H groups in total. The molecule has 0 spiro atoms. The summed E-state index contributed by atoms with van der Waals surface area (Å²) < 4.78 is 0.704. The van der Waals surface area contributed by atoms with Gasteiger partial charge in [0.15, 0.2) is 0 Å². The zero-order valence-corrected chi connectivity index (χ0v) is 18.5. The summed E-state index contributed by atoms with van der Waals surface area (Å²) in [6.45, 7) is 0.641. The van der Waals surface area contributed by atoms with Crippen LogP contribution in [0.4, 0.5) is 5.69 Å². The van der Waals surface area contributed by atoms with Gasteiger partial charge in [0, 0.05) is 0 Å². The quantitative estimate of drug-likeness (QED) is 0.565. The Morgan fingerprint density at radius 2 is 2.14 bits per heavy atom. The van der Waals surface area contributed by atoms with Crippen LogP contribution in [0.2, 0.25) is 0 Å². The Kier molecular flexibility index (Phi) is 6.17. The van der Waals surface area contributed by atoms with E-state index in [-0.39, 0.29) is 24.8 Å². The third kappa shape index (κ3) is 4.92. The molecule has 2 unspecified atom stereocenters. The van der Waals surface area contributed by atoms with Crippen molar-refractivity contribution in [2.75, 3.05) is 19.4 Å². The number of likely N-dealkylation sites (N-methyl/N-ethyl adjacent to an activating group) is 1. The van der Waals surface area contributed by atoms with Crippen LogP contribution in [0, 0.1) is 0 Å². The Bertz CT molecular complexity index is 967. The summed E-state index contributed by atoms with van der Waals surface area (Å²) in [5, 5.41) is 12.1. The summed E-state index contributed by atoms with van der Waals surface area (Å²) in [7, 11) is 3.32. The summed E-state index contributed by atoms with van der Waals surface area (Å²) in [4.78, 5) is 47.8. The number of hydrogen-bond acceptors (Lipinski definition) is 6. The molecule has 1 aromatic heterocycles. The van der Waals surface area contributed by atoms with Gasteiger partial charge >= 0.3 is 155 Å². The SMILES string of the molecule is CN(Cc1ccnc([AsH2])n1)C(=O)c1ccc2c(c1)CN(C)C(=O)C(CC(=O)O)N2. The maximum atomic E-state index is 12.9. The molecule has 1 aromatic carbocycles. The third-order valence-electron chi connectivity index (χ3n) is 4.62. The fraction of sp³-hybridized carbons (Fsp3) is 0.316. The number of carboxylic acids is 1. The fourth-order valence-corrected chi connectivity index (χ4v) is 3.72. The van der Waals surface area contributed by atoms with Crippen molar-refractivity contribution in [2.24, 2.45) is 0 Å². The van der Waals surface area contributed by atoms with Crippen LogP contribution in [-0.4, -0.2) is 79.6 Å². The Labute approximate surface area is 176 Å². The first-order valence-electron chi connectivity index (χ1n) is 8.93. The fourth-order valence-electron chi connectivity index (χ4n) is 3.20. The van der Waals surface area contributed by atoms with E-state index < -0.39 is 12.0 Å². The first-order valence-corrected chi connectivity index (χ1v) is 10.1. The van der Waals surface area contributed by atoms with Crippen molar-refractivity contribution in [1.82, 2.24) is 19.8 Å². The molecule has 2 atom stereocenters. The topological polar surface area (TPSA) is 116 Å². The number of benzene rings is 1. The Morgan fingerprint density at radius 1 is 1.38 bits per heavy atom. The van der Waals surface area contributed by atoms with Gasteiger partial charge in [-0.25, -0.2) is 0 Å². The van der Waals surface area contributed by atoms with E-state index in [2.05, 4.69) is 15.3 Å². The van der Waals surface area contributed by atoms with Crippen molar-refractivity contribution in [2.45, 2.75) is 25.6 Å². The van der Waals surface area contributed by atoms with Gasteiger partial charge in [0.2, 0.25) is 0 Å². The molecule has 0 bridgehead atoms. The standard InChI is InChI=1S/C19H22AsN5O4/c1-24-9-12-7-11(3-4-14(12)23-15(18(24)29)8-16(26)27)17(28)25(2)10-13-5-6-21-19(20)22-13/h3-7,15,23H,8-10,20H2,1-2H3,(H,26,27). The van der Waals surface area contributed by atoms with Crippen LogP contribution in [0.5, 0.6) is 0 Å². The van der Waals surface area contributed by atoms with E-state index in [4.69, 9.17) is 5.11 Å². The summed E-state index contributed by atoms with van der Waals surface area (Å²) in [6.07, 6.45) is 1.36. The van der Waals surface area contributed by atoms with E-state index in [1.807, 2.05) is 0 Å². The predicted molar refractivity (Wildman–Crippen MR) is 109 cm³/mol. The molecular weight excluding hydrogens is 437 g/mol. The van der Waals surface area contributed by atoms with Crippen molar-refractivity contribution in [3.05, 3.63) is 47.3 Å².